The number of rotatable bonds is 5. The average molecular weight is 328 g/mol. The lowest BCUT2D eigenvalue weighted by molar-refractivity contribution is -0.123. The van der Waals surface area contributed by atoms with Crippen molar-refractivity contribution in [3.05, 3.63) is 54.1 Å². The number of anilines is 2. The summed E-state index contributed by atoms with van der Waals surface area (Å²) in [5, 5.41) is 5.55. The van der Waals surface area contributed by atoms with Gasteiger partial charge in [0.15, 0.2) is 0 Å². The van der Waals surface area contributed by atoms with E-state index in [1.54, 1.807) is 36.4 Å². The molecule has 0 saturated heterocycles. The first-order valence-electron chi connectivity index (χ1n) is 7.66. The van der Waals surface area contributed by atoms with E-state index in [-0.39, 0.29) is 24.8 Å². The molecule has 124 valence electrons. The van der Waals surface area contributed by atoms with Gasteiger partial charge >= 0.3 is 0 Å². The Balaban J connectivity index is 1.82. The Morgan fingerprint density at radius 1 is 1.21 bits per heavy atom. The van der Waals surface area contributed by atoms with Crippen LogP contribution >= 0.6 is 0 Å². The van der Waals surface area contributed by atoms with Crippen LogP contribution in [0.5, 0.6) is 5.75 Å². The maximum atomic E-state index is 12.7. The number of nitrogens with one attached hydrogen (secondary N) is 2. The molecule has 1 atom stereocenters. The second-order valence-corrected chi connectivity index (χ2v) is 5.41. The molecule has 0 spiro atoms. The Kier molecular flexibility index (Phi) is 4.74. The molecule has 2 aromatic rings. The summed E-state index contributed by atoms with van der Waals surface area (Å²) >= 11 is 0. The zero-order valence-corrected chi connectivity index (χ0v) is 12.9. The number of fused-ring (bicyclic) bond motifs is 1. The normalized spacial score (nSPS) is 16.0. The molecule has 24 heavy (non-hydrogen) atoms. The van der Waals surface area contributed by atoms with Crippen LogP contribution in [0.1, 0.15) is 17.9 Å². The lowest BCUT2D eigenvalue weighted by atomic mass is 9.90. The smallest absolute Gasteiger partial charge is 0.232 e. The molecule has 1 unspecified atom stereocenters. The molecule has 0 aromatic heterocycles. The van der Waals surface area contributed by atoms with Gasteiger partial charge in [-0.2, -0.15) is 0 Å². The summed E-state index contributed by atoms with van der Waals surface area (Å²) in [6, 6.07) is 14.1. The van der Waals surface area contributed by atoms with E-state index in [0.717, 1.165) is 5.56 Å². The minimum Gasteiger partial charge on any atom is -0.489 e. The fraction of sp³-hybridized carbons (Fsp3) is 0.222. The minimum atomic E-state index is -0.613. The molecule has 2 amide bonds. The Morgan fingerprint density at radius 2 is 1.96 bits per heavy atom. The van der Waals surface area contributed by atoms with Crippen LogP contribution in [0.15, 0.2) is 48.5 Å². The summed E-state index contributed by atoms with van der Waals surface area (Å²) in [5.41, 5.74) is 1.88. The molecule has 0 saturated carbocycles. The van der Waals surface area contributed by atoms with E-state index in [1.165, 1.54) is 0 Å². The molecule has 3 rings (SSSR count). The van der Waals surface area contributed by atoms with Gasteiger partial charge < -0.3 is 15.4 Å². The number of ether oxygens (including phenoxy) is 1. The van der Waals surface area contributed by atoms with Gasteiger partial charge in [0.1, 0.15) is 19.0 Å². The van der Waals surface area contributed by atoms with Crippen molar-refractivity contribution < 1.29 is 18.7 Å². The monoisotopic (exact) mass is 328 g/mol. The van der Waals surface area contributed by atoms with E-state index in [9.17, 15) is 14.0 Å². The highest BCUT2D eigenvalue weighted by molar-refractivity contribution is 6.05. The minimum absolute atomic E-state index is 0.0797. The van der Waals surface area contributed by atoms with Crippen LogP contribution in [0.25, 0.3) is 0 Å². The van der Waals surface area contributed by atoms with Crippen molar-refractivity contribution in [1.82, 2.24) is 0 Å². The highest BCUT2D eigenvalue weighted by Gasteiger charge is 2.30. The number of hydrogen-bond donors (Lipinski definition) is 2. The predicted molar refractivity (Wildman–Crippen MR) is 89.0 cm³/mol. The zero-order valence-electron chi connectivity index (χ0n) is 12.9. The van der Waals surface area contributed by atoms with Crippen LogP contribution in [-0.2, 0) is 9.59 Å². The summed E-state index contributed by atoms with van der Waals surface area (Å²) in [4.78, 5) is 24.5. The van der Waals surface area contributed by atoms with E-state index in [2.05, 4.69) is 10.6 Å². The molecule has 1 aliphatic heterocycles. The molecule has 1 heterocycles. The second-order valence-electron chi connectivity index (χ2n) is 5.41. The first kappa shape index (κ1) is 16.0. The van der Waals surface area contributed by atoms with Crippen molar-refractivity contribution in [2.75, 3.05) is 23.9 Å². The van der Waals surface area contributed by atoms with Crippen LogP contribution in [0.3, 0.4) is 0 Å². The van der Waals surface area contributed by atoms with E-state index in [4.69, 9.17) is 4.74 Å². The van der Waals surface area contributed by atoms with Crippen molar-refractivity contribution in [3.8, 4) is 5.75 Å². The number of carbonyl (C=O) groups is 2. The topological polar surface area (TPSA) is 67.4 Å². The largest absolute Gasteiger partial charge is 0.489 e. The van der Waals surface area contributed by atoms with E-state index < -0.39 is 12.6 Å². The summed E-state index contributed by atoms with van der Waals surface area (Å²) in [6.45, 7) is -0.694. The van der Waals surface area contributed by atoms with Crippen molar-refractivity contribution in [2.45, 2.75) is 12.3 Å². The van der Waals surface area contributed by atoms with Crippen molar-refractivity contribution in [3.63, 3.8) is 0 Å². The lowest BCUT2D eigenvalue weighted by Gasteiger charge is -2.25. The van der Waals surface area contributed by atoms with E-state index in [0.29, 0.717) is 17.1 Å². The molecule has 0 aliphatic carbocycles. The summed E-state index contributed by atoms with van der Waals surface area (Å²) in [7, 11) is 0. The standard InChI is InChI=1S/C18H17FN2O3/c19-9-10-24-16-8-4-3-7-15(16)21-18(23)13-11-17(22)20-14-6-2-1-5-12(13)14/h1-8,13H,9-11H2,(H,20,22)(H,21,23). The maximum Gasteiger partial charge on any atom is 0.232 e. The van der Waals surface area contributed by atoms with E-state index in [1.807, 2.05) is 12.1 Å². The predicted octanol–water partition coefficient (Wildman–Crippen LogP) is 3.10. The fourth-order valence-corrected chi connectivity index (χ4v) is 2.71. The number of hydrogen-bond acceptors (Lipinski definition) is 3. The molecule has 0 bridgehead atoms. The Labute approximate surface area is 138 Å². The molecule has 0 fully saturated rings. The van der Waals surface area contributed by atoms with Gasteiger partial charge in [-0.3, -0.25) is 9.59 Å². The fourth-order valence-electron chi connectivity index (χ4n) is 2.71. The molecule has 6 heteroatoms. The SMILES string of the molecule is O=C1CC(C(=O)Nc2ccccc2OCCF)c2ccccc2N1. The first-order chi connectivity index (χ1) is 11.7. The quantitative estimate of drug-likeness (QED) is 0.886. The van der Waals surface area contributed by atoms with Gasteiger partial charge in [-0.25, -0.2) is 4.39 Å². The number of amides is 2. The number of para-hydroxylation sites is 3. The van der Waals surface area contributed by atoms with Gasteiger partial charge in [0.25, 0.3) is 0 Å². The molecule has 5 nitrogen and oxygen atoms in total. The third-order valence-electron chi connectivity index (χ3n) is 3.80. The van der Waals surface area contributed by atoms with Crippen LogP contribution < -0.4 is 15.4 Å². The van der Waals surface area contributed by atoms with Crippen LogP contribution in [0.2, 0.25) is 0 Å². The van der Waals surface area contributed by atoms with Gasteiger partial charge in [-0.15, -0.1) is 0 Å². The number of carbonyl (C=O) groups excluding carboxylic acids is 2. The lowest BCUT2D eigenvalue weighted by Crippen LogP contribution is -2.30. The summed E-state index contributed by atoms with van der Waals surface area (Å²) < 4.78 is 17.6. The van der Waals surface area contributed by atoms with Crippen LogP contribution in [-0.4, -0.2) is 25.1 Å². The Hall–Kier alpha value is -2.89. The summed E-state index contributed by atoms with van der Waals surface area (Å²) in [6.07, 6.45) is 0.0797. The van der Waals surface area contributed by atoms with Crippen LogP contribution in [0.4, 0.5) is 15.8 Å². The second kappa shape index (κ2) is 7.12. The van der Waals surface area contributed by atoms with Crippen molar-refractivity contribution in [1.29, 1.82) is 0 Å². The molecule has 0 radical (unpaired) electrons. The van der Waals surface area contributed by atoms with Crippen molar-refractivity contribution in [2.24, 2.45) is 0 Å². The average Bonchev–Trinajstić information content (AvgIpc) is 2.60. The molecule has 2 aromatic carbocycles. The zero-order chi connectivity index (χ0) is 16.9. The van der Waals surface area contributed by atoms with Gasteiger partial charge in [0, 0.05) is 12.1 Å². The van der Waals surface area contributed by atoms with Gasteiger partial charge in [0.2, 0.25) is 11.8 Å². The number of halogens is 1. The van der Waals surface area contributed by atoms with Gasteiger partial charge in [0.05, 0.1) is 11.6 Å². The van der Waals surface area contributed by atoms with E-state index >= 15 is 0 Å². The highest BCUT2D eigenvalue weighted by Crippen LogP contribution is 2.34. The highest BCUT2D eigenvalue weighted by atomic mass is 19.1. The maximum absolute atomic E-state index is 12.7. The van der Waals surface area contributed by atoms with Gasteiger partial charge in [-0.1, -0.05) is 30.3 Å². The Morgan fingerprint density at radius 3 is 2.79 bits per heavy atom. The third-order valence-corrected chi connectivity index (χ3v) is 3.80. The number of benzene rings is 2. The van der Waals surface area contributed by atoms with Crippen LogP contribution in [0, 0.1) is 0 Å². The molecule has 2 N–H and O–H groups in total. The number of alkyl halides is 1. The molecular formula is C18H17FN2O3. The first-order valence-corrected chi connectivity index (χ1v) is 7.66. The molecule has 1 aliphatic rings. The Bertz CT molecular complexity index is 763. The van der Waals surface area contributed by atoms with Gasteiger partial charge in [-0.05, 0) is 23.8 Å². The summed E-state index contributed by atoms with van der Waals surface area (Å²) in [5.74, 6) is -0.675. The third kappa shape index (κ3) is 3.37. The molecular weight excluding hydrogens is 311 g/mol. The van der Waals surface area contributed by atoms with Crippen molar-refractivity contribution >= 4 is 23.2 Å².